The molecule has 0 spiro atoms. The van der Waals surface area contributed by atoms with Crippen LogP contribution in [0, 0.1) is 0 Å². The van der Waals surface area contributed by atoms with Crippen LogP contribution in [-0.2, 0) is 0 Å². The minimum absolute atomic E-state index is 0. The van der Waals surface area contributed by atoms with E-state index in [4.69, 9.17) is 11.6 Å². The van der Waals surface area contributed by atoms with Crippen molar-refractivity contribution in [3.05, 3.63) is 29.0 Å². The summed E-state index contributed by atoms with van der Waals surface area (Å²) in [5.41, 5.74) is 0.444. The Hall–Kier alpha value is -0.840. The maximum Gasteiger partial charge on any atom is 0.272 e. The number of pyridine rings is 1. The highest BCUT2D eigenvalue weighted by molar-refractivity contribution is 6.29. The van der Waals surface area contributed by atoms with Crippen molar-refractivity contribution in [3.8, 4) is 0 Å². The van der Waals surface area contributed by atoms with Crippen LogP contribution in [0.5, 0.6) is 0 Å². The molecule has 0 radical (unpaired) electrons. The summed E-state index contributed by atoms with van der Waals surface area (Å²) in [7, 11) is 0. The van der Waals surface area contributed by atoms with Gasteiger partial charge in [-0.05, 0) is 44.5 Å². The van der Waals surface area contributed by atoms with Gasteiger partial charge < -0.3 is 10.2 Å². The number of nitrogens with zero attached hydrogens (tertiary/aromatic N) is 2. The minimum Gasteiger partial charge on any atom is -0.334 e. The summed E-state index contributed by atoms with van der Waals surface area (Å²) in [6, 6.07) is 5.51. The first-order valence-electron chi connectivity index (χ1n) is 6.86. The number of rotatable bonds is 4. The van der Waals surface area contributed by atoms with Crippen LogP contribution in [0.3, 0.4) is 0 Å². The fourth-order valence-corrected chi connectivity index (χ4v) is 2.65. The molecule has 1 fully saturated rings. The van der Waals surface area contributed by atoms with Crippen molar-refractivity contribution in [1.29, 1.82) is 0 Å². The molecule has 20 heavy (non-hydrogen) atoms. The van der Waals surface area contributed by atoms with Crippen molar-refractivity contribution >= 4 is 29.9 Å². The third-order valence-corrected chi connectivity index (χ3v) is 3.62. The number of carbonyl (C=O) groups excluding carboxylic acids is 1. The van der Waals surface area contributed by atoms with Gasteiger partial charge >= 0.3 is 0 Å². The topological polar surface area (TPSA) is 45.2 Å². The molecule has 1 aliphatic heterocycles. The van der Waals surface area contributed by atoms with E-state index in [-0.39, 0.29) is 18.3 Å². The largest absolute Gasteiger partial charge is 0.334 e. The average Bonchev–Trinajstić information content (AvgIpc) is 2.45. The molecule has 0 unspecified atom stereocenters. The normalized spacial score (nSPS) is 15.5. The van der Waals surface area contributed by atoms with Gasteiger partial charge in [0.25, 0.3) is 5.91 Å². The molecule has 0 bridgehead atoms. The molecule has 1 aromatic rings. The molecule has 0 aliphatic carbocycles. The van der Waals surface area contributed by atoms with Gasteiger partial charge in [-0.15, -0.1) is 12.4 Å². The molecule has 6 heteroatoms. The van der Waals surface area contributed by atoms with Crippen LogP contribution in [0.1, 0.15) is 36.7 Å². The SMILES string of the molecule is CCCN(C(=O)c1cccc(Cl)n1)C1CCNCC1.Cl. The number of carbonyl (C=O) groups is 1. The summed E-state index contributed by atoms with van der Waals surface area (Å²) in [4.78, 5) is 18.7. The first-order valence-corrected chi connectivity index (χ1v) is 7.24. The minimum atomic E-state index is -0.00347. The van der Waals surface area contributed by atoms with Crippen LogP contribution in [0.4, 0.5) is 0 Å². The monoisotopic (exact) mass is 317 g/mol. The van der Waals surface area contributed by atoms with E-state index in [9.17, 15) is 4.79 Å². The lowest BCUT2D eigenvalue weighted by molar-refractivity contribution is 0.0636. The Morgan fingerprint density at radius 3 is 2.75 bits per heavy atom. The van der Waals surface area contributed by atoms with Crippen LogP contribution in [0.2, 0.25) is 5.15 Å². The molecule has 2 rings (SSSR count). The number of hydrogen-bond donors (Lipinski definition) is 1. The third kappa shape index (κ3) is 4.33. The molecule has 0 atom stereocenters. The van der Waals surface area contributed by atoms with Crippen molar-refractivity contribution in [2.75, 3.05) is 19.6 Å². The molecule has 2 heterocycles. The highest BCUT2D eigenvalue weighted by atomic mass is 35.5. The van der Waals surface area contributed by atoms with Crippen molar-refractivity contribution < 1.29 is 4.79 Å². The van der Waals surface area contributed by atoms with Gasteiger partial charge in [0.1, 0.15) is 10.8 Å². The second kappa shape index (κ2) is 8.45. The van der Waals surface area contributed by atoms with Crippen LogP contribution >= 0.6 is 24.0 Å². The van der Waals surface area contributed by atoms with Crippen LogP contribution < -0.4 is 5.32 Å². The Morgan fingerprint density at radius 2 is 2.15 bits per heavy atom. The Labute approximate surface area is 131 Å². The zero-order valence-electron chi connectivity index (χ0n) is 11.6. The van der Waals surface area contributed by atoms with E-state index in [1.54, 1.807) is 18.2 Å². The molecule has 0 aromatic carbocycles. The van der Waals surface area contributed by atoms with Gasteiger partial charge in [0.15, 0.2) is 0 Å². The standard InChI is InChI=1S/C14H20ClN3O.ClH/c1-2-10-18(11-6-8-16-9-7-11)14(19)12-4-3-5-13(15)17-12;/h3-5,11,16H,2,6-10H2,1H3;1H. The molecule has 1 N–H and O–H groups in total. The van der Waals surface area contributed by atoms with Crippen LogP contribution in [0.25, 0.3) is 0 Å². The van der Waals surface area contributed by atoms with E-state index >= 15 is 0 Å². The molecule has 1 amide bonds. The van der Waals surface area contributed by atoms with Crippen molar-refractivity contribution in [2.24, 2.45) is 0 Å². The molecular formula is C14H21Cl2N3O. The van der Waals surface area contributed by atoms with Crippen molar-refractivity contribution in [1.82, 2.24) is 15.2 Å². The molecule has 4 nitrogen and oxygen atoms in total. The fraction of sp³-hybridized carbons (Fsp3) is 0.571. The molecule has 1 saturated heterocycles. The zero-order chi connectivity index (χ0) is 13.7. The zero-order valence-corrected chi connectivity index (χ0v) is 13.2. The summed E-state index contributed by atoms with van der Waals surface area (Å²) in [5.74, 6) is -0.00347. The number of amides is 1. The summed E-state index contributed by atoms with van der Waals surface area (Å²) in [6.07, 6.45) is 2.97. The molecule has 1 aromatic heterocycles. The van der Waals surface area contributed by atoms with Crippen LogP contribution in [-0.4, -0.2) is 41.5 Å². The van der Waals surface area contributed by atoms with E-state index in [1.807, 2.05) is 4.90 Å². The van der Waals surface area contributed by atoms with Crippen LogP contribution in [0.15, 0.2) is 18.2 Å². The fourth-order valence-electron chi connectivity index (χ4n) is 2.48. The predicted molar refractivity (Wildman–Crippen MR) is 83.7 cm³/mol. The van der Waals surface area contributed by atoms with Gasteiger partial charge in [0, 0.05) is 12.6 Å². The lowest BCUT2D eigenvalue weighted by atomic mass is 10.0. The summed E-state index contributed by atoms with van der Waals surface area (Å²) in [5, 5.41) is 3.69. The van der Waals surface area contributed by atoms with Gasteiger partial charge in [-0.3, -0.25) is 4.79 Å². The van der Waals surface area contributed by atoms with E-state index in [0.717, 1.165) is 38.9 Å². The second-order valence-electron chi connectivity index (χ2n) is 4.83. The highest BCUT2D eigenvalue weighted by Crippen LogP contribution is 2.16. The van der Waals surface area contributed by atoms with Gasteiger partial charge in [0.2, 0.25) is 0 Å². The number of aromatic nitrogens is 1. The van der Waals surface area contributed by atoms with Crippen molar-refractivity contribution in [3.63, 3.8) is 0 Å². The maximum atomic E-state index is 12.6. The average molecular weight is 318 g/mol. The second-order valence-corrected chi connectivity index (χ2v) is 5.21. The maximum absolute atomic E-state index is 12.6. The van der Waals surface area contributed by atoms with Gasteiger partial charge in [-0.25, -0.2) is 4.98 Å². The molecular weight excluding hydrogens is 297 g/mol. The van der Waals surface area contributed by atoms with Gasteiger partial charge in [-0.2, -0.15) is 0 Å². The van der Waals surface area contributed by atoms with E-state index in [2.05, 4.69) is 17.2 Å². The Balaban J connectivity index is 0.00000200. The Kier molecular flexibility index (Phi) is 7.27. The van der Waals surface area contributed by atoms with E-state index < -0.39 is 0 Å². The Morgan fingerprint density at radius 1 is 1.45 bits per heavy atom. The number of hydrogen-bond acceptors (Lipinski definition) is 3. The first-order chi connectivity index (χ1) is 9.22. The van der Waals surface area contributed by atoms with E-state index in [1.165, 1.54) is 0 Å². The molecule has 0 saturated carbocycles. The Bertz CT molecular complexity index is 436. The summed E-state index contributed by atoms with van der Waals surface area (Å²) in [6.45, 7) is 4.81. The molecule has 112 valence electrons. The smallest absolute Gasteiger partial charge is 0.272 e. The quantitative estimate of drug-likeness (QED) is 0.868. The number of nitrogens with one attached hydrogen (secondary N) is 1. The summed E-state index contributed by atoms with van der Waals surface area (Å²) < 4.78 is 0. The summed E-state index contributed by atoms with van der Waals surface area (Å²) >= 11 is 5.86. The number of piperidine rings is 1. The molecule has 1 aliphatic rings. The van der Waals surface area contributed by atoms with Gasteiger partial charge in [0.05, 0.1) is 0 Å². The first kappa shape index (κ1) is 17.2. The highest BCUT2D eigenvalue weighted by Gasteiger charge is 2.26. The van der Waals surface area contributed by atoms with Gasteiger partial charge in [-0.1, -0.05) is 24.6 Å². The third-order valence-electron chi connectivity index (χ3n) is 3.41. The predicted octanol–water partition coefficient (Wildman–Crippen LogP) is 2.76. The lowest BCUT2D eigenvalue weighted by Gasteiger charge is -2.34. The lowest BCUT2D eigenvalue weighted by Crippen LogP contribution is -2.46. The number of halogens is 2. The van der Waals surface area contributed by atoms with Crippen molar-refractivity contribution in [2.45, 2.75) is 32.2 Å². The van der Waals surface area contributed by atoms with E-state index in [0.29, 0.717) is 16.9 Å².